The summed E-state index contributed by atoms with van der Waals surface area (Å²) < 4.78 is 44.5. The van der Waals surface area contributed by atoms with Crippen molar-refractivity contribution in [1.82, 2.24) is 19.9 Å². The van der Waals surface area contributed by atoms with Gasteiger partial charge < -0.3 is 9.97 Å². The summed E-state index contributed by atoms with van der Waals surface area (Å²) in [5.74, 6) is -1.98. The van der Waals surface area contributed by atoms with E-state index in [9.17, 15) is 18.0 Å². The Morgan fingerprint density at radius 1 is 0.585 bits per heavy atom. The zero-order valence-corrected chi connectivity index (χ0v) is 32.2. The van der Waals surface area contributed by atoms with E-state index < -0.39 is 12.1 Å². The van der Waals surface area contributed by atoms with Gasteiger partial charge in [-0.25, -0.2) is 9.97 Å². The molecule has 0 aliphatic carbocycles. The molecule has 0 saturated carbocycles. The zero-order chi connectivity index (χ0) is 38.2. The largest absolute Gasteiger partial charge is 0.472 e. The molecule has 0 saturated heterocycles. The summed E-state index contributed by atoms with van der Waals surface area (Å²) in [4.78, 5) is 32.5. The number of benzene rings is 1. The lowest BCUT2D eigenvalue weighted by Crippen LogP contribution is -2.38. The predicted octanol–water partition coefficient (Wildman–Crippen LogP) is 12.3. The summed E-state index contributed by atoms with van der Waals surface area (Å²) in [7, 11) is 0. The fourth-order valence-electron chi connectivity index (χ4n) is 8.44. The molecule has 8 bridgehead atoms. The smallest absolute Gasteiger partial charge is 0.355 e. The average molecular weight is 722 g/mol. The van der Waals surface area contributed by atoms with Crippen LogP contribution in [0.3, 0.4) is 0 Å². The monoisotopic (exact) mass is 721 g/mol. The lowest BCUT2D eigenvalue weighted by Gasteiger charge is -2.26. The lowest BCUT2D eigenvalue weighted by atomic mass is 9.96. The molecule has 2 aliphatic heterocycles. The van der Waals surface area contributed by atoms with Crippen LogP contribution < -0.4 is 4.90 Å². The molecule has 1 amide bonds. The van der Waals surface area contributed by atoms with E-state index in [1.54, 1.807) is 30.3 Å². The molecule has 278 valence electrons. The second-order valence-corrected chi connectivity index (χ2v) is 13.5. The second-order valence-electron chi connectivity index (χ2n) is 13.5. The molecule has 0 radical (unpaired) electrons. The van der Waals surface area contributed by atoms with E-state index in [-0.39, 0.29) is 11.4 Å². The Balaban J connectivity index is 1.96. The van der Waals surface area contributed by atoms with Crippen molar-refractivity contribution in [2.75, 3.05) is 4.90 Å². The van der Waals surface area contributed by atoms with Gasteiger partial charge in [0.1, 0.15) is 0 Å². The number of carbonyl (C=O) groups is 1. The van der Waals surface area contributed by atoms with Crippen LogP contribution in [0, 0.1) is 0 Å². The van der Waals surface area contributed by atoms with Gasteiger partial charge in [-0.1, -0.05) is 73.6 Å². The number of halogens is 3. The first-order valence-electron chi connectivity index (χ1n) is 19.2. The van der Waals surface area contributed by atoms with Crippen LogP contribution >= 0.6 is 0 Å². The molecule has 2 N–H and O–H groups in total. The van der Waals surface area contributed by atoms with E-state index >= 15 is 0 Å². The van der Waals surface area contributed by atoms with Crippen LogP contribution in [0.4, 0.5) is 24.5 Å². The van der Waals surface area contributed by atoms with Crippen LogP contribution in [0.25, 0.3) is 44.4 Å². The Labute approximate surface area is 310 Å². The summed E-state index contributed by atoms with van der Waals surface area (Å²) in [5, 5.41) is 0. The van der Waals surface area contributed by atoms with Crippen molar-refractivity contribution < 1.29 is 18.0 Å². The SMILES string of the molecule is CCC1=C(CC)c2cc3[nH]c(cc4[nH]c(c(CC)c4CC)c(N(C(=O)C(F)(F)F)c4ccccc4)c4nc(cc1n2)C(CC)=C4CC)c(CC)c3CC. The first kappa shape index (κ1) is 37.8. The second kappa shape index (κ2) is 15.2. The molecule has 5 heterocycles. The van der Waals surface area contributed by atoms with Gasteiger partial charge in [0.05, 0.1) is 34.0 Å². The minimum absolute atomic E-state index is 0.106. The molecule has 6 nitrogen and oxygen atoms in total. The highest BCUT2D eigenvalue weighted by atomic mass is 19.4. The molecule has 0 atom stereocenters. The quantitative estimate of drug-likeness (QED) is 0.171. The van der Waals surface area contributed by atoms with Gasteiger partial charge in [-0.05, 0) is 126 Å². The van der Waals surface area contributed by atoms with E-state index in [1.165, 1.54) is 16.7 Å². The molecule has 6 rings (SSSR count). The van der Waals surface area contributed by atoms with Gasteiger partial charge in [-0.2, -0.15) is 13.2 Å². The van der Waals surface area contributed by atoms with Gasteiger partial charge >= 0.3 is 12.1 Å². The fourth-order valence-corrected chi connectivity index (χ4v) is 8.44. The minimum Gasteiger partial charge on any atom is -0.355 e. The fraction of sp³-hybridized carbons (Fsp3) is 0.386. The molecule has 0 unspecified atom stereocenters. The normalized spacial score (nSPS) is 13.3. The molecular formula is C44H50F3N5O. The predicted molar refractivity (Wildman–Crippen MR) is 213 cm³/mol. The van der Waals surface area contributed by atoms with E-state index in [2.05, 4.69) is 56.7 Å². The van der Waals surface area contributed by atoms with Crippen LogP contribution in [0.2, 0.25) is 0 Å². The molecule has 0 fully saturated rings. The highest BCUT2D eigenvalue weighted by Gasteiger charge is 2.45. The van der Waals surface area contributed by atoms with Crippen molar-refractivity contribution in [3.63, 3.8) is 0 Å². The summed E-state index contributed by atoms with van der Waals surface area (Å²) in [6.45, 7) is 16.7. The number of aromatic amines is 2. The maximum Gasteiger partial charge on any atom is 0.472 e. The minimum atomic E-state index is -5.16. The Bertz CT molecular complexity index is 2290. The van der Waals surface area contributed by atoms with Crippen LogP contribution in [0.15, 0.2) is 48.5 Å². The lowest BCUT2D eigenvalue weighted by molar-refractivity contribution is -0.169. The maximum atomic E-state index is 14.8. The van der Waals surface area contributed by atoms with Gasteiger partial charge in [0, 0.05) is 22.2 Å². The van der Waals surface area contributed by atoms with Gasteiger partial charge in [0.25, 0.3) is 0 Å². The number of carbonyl (C=O) groups excluding carboxylic acids is 1. The summed E-state index contributed by atoms with van der Waals surface area (Å²) in [6, 6.07) is 14.4. The number of aromatic nitrogens is 4. The molecule has 0 spiro atoms. The van der Waals surface area contributed by atoms with Gasteiger partial charge in [0.15, 0.2) is 0 Å². The molecule has 9 heteroatoms. The van der Waals surface area contributed by atoms with Crippen LogP contribution in [-0.2, 0) is 30.5 Å². The van der Waals surface area contributed by atoms with Gasteiger partial charge in [-0.15, -0.1) is 0 Å². The number of aryl methyl sites for hydroxylation is 4. The number of alkyl halides is 3. The molecule has 4 aromatic rings. The average Bonchev–Trinajstić information content (AvgIpc) is 3.88. The van der Waals surface area contributed by atoms with E-state index in [0.29, 0.717) is 42.6 Å². The third kappa shape index (κ3) is 6.53. The number of hydrogen-bond acceptors (Lipinski definition) is 3. The van der Waals surface area contributed by atoms with Crippen molar-refractivity contribution in [3.8, 4) is 0 Å². The number of nitrogens with one attached hydrogen (secondary N) is 2. The Morgan fingerprint density at radius 2 is 1.06 bits per heavy atom. The Hall–Kier alpha value is -4.92. The van der Waals surface area contributed by atoms with E-state index in [1.807, 2.05) is 26.8 Å². The van der Waals surface area contributed by atoms with Crippen molar-refractivity contribution in [2.45, 2.75) is 113 Å². The molecule has 53 heavy (non-hydrogen) atoms. The number of amides is 1. The first-order chi connectivity index (χ1) is 25.5. The number of hydrogen-bond donors (Lipinski definition) is 2. The van der Waals surface area contributed by atoms with Crippen LogP contribution in [0.1, 0.15) is 126 Å². The number of anilines is 2. The molecule has 3 aromatic heterocycles. The Morgan fingerprint density at radius 3 is 1.58 bits per heavy atom. The number of H-pyrrole nitrogens is 2. The van der Waals surface area contributed by atoms with Crippen LogP contribution in [-0.4, -0.2) is 32.0 Å². The maximum absolute atomic E-state index is 14.8. The summed E-state index contributed by atoms with van der Waals surface area (Å²) in [6.07, 6.45) is 0.286. The topological polar surface area (TPSA) is 77.7 Å². The highest BCUT2D eigenvalue weighted by Crippen LogP contribution is 2.46. The Kier molecular flexibility index (Phi) is 10.9. The number of allylic oxidation sites excluding steroid dienone is 4. The number of para-hydroxylation sites is 1. The van der Waals surface area contributed by atoms with Gasteiger partial charge in [-0.3, -0.25) is 9.69 Å². The van der Waals surface area contributed by atoms with Crippen molar-refractivity contribution in [3.05, 3.63) is 93.6 Å². The third-order valence-electron chi connectivity index (χ3n) is 10.8. The third-order valence-corrected chi connectivity index (χ3v) is 10.8. The van der Waals surface area contributed by atoms with Crippen molar-refractivity contribution in [1.29, 1.82) is 0 Å². The standard InChI is InChI=1S/C44H50F3N5O/c1-9-26-28(11-3)36-23-38-30(13-5)32(15-7)40(50-38)42(52(43(53)44(45,46)47)25-20-18-17-19-21-25)41-33(16-8)31(14-6)39(51-41)24-37-29(12-4)27(10-2)35(49-37)22-34(26)48-36/h17-24,48,50H,9-16H2,1-8H3. The van der Waals surface area contributed by atoms with E-state index in [0.717, 1.165) is 86.4 Å². The molecular weight excluding hydrogens is 672 g/mol. The van der Waals surface area contributed by atoms with Crippen molar-refractivity contribution in [2.24, 2.45) is 0 Å². The first-order valence-corrected chi connectivity index (χ1v) is 19.2. The highest BCUT2D eigenvalue weighted by molar-refractivity contribution is 6.11. The number of rotatable bonds is 10. The molecule has 1 aromatic carbocycles. The summed E-state index contributed by atoms with van der Waals surface area (Å²) in [5.41, 5.74) is 14.5. The zero-order valence-electron chi connectivity index (χ0n) is 32.2. The number of nitrogens with zero attached hydrogens (tertiary/aromatic N) is 3. The van der Waals surface area contributed by atoms with Gasteiger partial charge in [0.2, 0.25) is 0 Å². The molecule has 2 aliphatic rings. The summed E-state index contributed by atoms with van der Waals surface area (Å²) >= 11 is 0. The van der Waals surface area contributed by atoms with Crippen molar-refractivity contribution >= 4 is 61.6 Å². The number of fused-ring (bicyclic) bond motifs is 8. The van der Waals surface area contributed by atoms with Crippen LogP contribution in [0.5, 0.6) is 0 Å². The van der Waals surface area contributed by atoms with E-state index in [4.69, 9.17) is 9.97 Å².